The van der Waals surface area contributed by atoms with E-state index in [0.717, 1.165) is 24.4 Å². The molecule has 0 saturated carbocycles. The molecule has 0 aromatic heterocycles. The van der Waals surface area contributed by atoms with Crippen molar-refractivity contribution in [2.45, 2.75) is 39.2 Å². The fourth-order valence-corrected chi connectivity index (χ4v) is 2.93. The predicted octanol–water partition coefficient (Wildman–Crippen LogP) is 2.96. The first kappa shape index (κ1) is 17.7. The van der Waals surface area contributed by atoms with E-state index in [2.05, 4.69) is 10.2 Å². The molecule has 1 heterocycles. The van der Waals surface area contributed by atoms with E-state index in [1.165, 1.54) is 44.8 Å². The van der Waals surface area contributed by atoms with Crippen molar-refractivity contribution >= 4 is 5.69 Å². The number of nitrogens with one attached hydrogen (secondary N) is 1. The summed E-state index contributed by atoms with van der Waals surface area (Å²) in [7, 11) is 0. The van der Waals surface area contributed by atoms with Crippen LogP contribution in [0.5, 0.6) is 5.75 Å². The molecule has 1 saturated heterocycles. The lowest BCUT2D eigenvalue weighted by molar-refractivity contribution is -0.384. The SMILES string of the molecule is CCOc1ccc([N+](=O)[O-])cc1CNCCN1CCCCCC1. The molecule has 0 unspecified atom stereocenters. The predicted molar refractivity (Wildman–Crippen MR) is 90.9 cm³/mol. The van der Waals surface area contributed by atoms with E-state index in [9.17, 15) is 10.1 Å². The molecular weight excluding hydrogens is 294 g/mol. The Morgan fingerprint density at radius 3 is 2.65 bits per heavy atom. The van der Waals surface area contributed by atoms with Crippen LogP contribution >= 0.6 is 0 Å². The normalized spacial score (nSPS) is 16.0. The Balaban J connectivity index is 1.85. The Kier molecular flexibility index (Phi) is 7.29. The minimum Gasteiger partial charge on any atom is -0.494 e. The number of ether oxygens (including phenoxy) is 1. The second-order valence-corrected chi connectivity index (χ2v) is 5.91. The molecule has 1 aliphatic rings. The summed E-state index contributed by atoms with van der Waals surface area (Å²) in [5.74, 6) is 0.723. The van der Waals surface area contributed by atoms with Gasteiger partial charge >= 0.3 is 0 Å². The van der Waals surface area contributed by atoms with Crippen LogP contribution in [0.4, 0.5) is 5.69 Å². The first-order valence-corrected chi connectivity index (χ1v) is 8.54. The summed E-state index contributed by atoms with van der Waals surface area (Å²) in [6, 6.07) is 4.78. The highest BCUT2D eigenvalue weighted by atomic mass is 16.6. The van der Waals surface area contributed by atoms with Gasteiger partial charge in [0.1, 0.15) is 5.75 Å². The third kappa shape index (κ3) is 5.80. The molecule has 0 bridgehead atoms. The van der Waals surface area contributed by atoms with Crippen molar-refractivity contribution in [3.63, 3.8) is 0 Å². The molecule has 2 rings (SSSR count). The number of nitro benzene ring substituents is 1. The van der Waals surface area contributed by atoms with Crippen LogP contribution in [0.15, 0.2) is 18.2 Å². The second kappa shape index (κ2) is 9.47. The van der Waals surface area contributed by atoms with Crippen LogP contribution in [0, 0.1) is 10.1 Å². The Bertz CT molecular complexity index is 500. The number of nitro groups is 1. The van der Waals surface area contributed by atoms with E-state index in [1.807, 2.05) is 6.92 Å². The van der Waals surface area contributed by atoms with E-state index >= 15 is 0 Å². The zero-order valence-corrected chi connectivity index (χ0v) is 13.9. The zero-order valence-electron chi connectivity index (χ0n) is 13.9. The molecule has 1 N–H and O–H groups in total. The molecule has 128 valence electrons. The van der Waals surface area contributed by atoms with Gasteiger partial charge in [-0.2, -0.15) is 0 Å². The highest BCUT2D eigenvalue weighted by Gasteiger charge is 2.12. The number of hydrogen-bond acceptors (Lipinski definition) is 5. The van der Waals surface area contributed by atoms with Crippen LogP contribution < -0.4 is 10.1 Å². The fourth-order valence-electron chi connectivity index (χ4n) is 2.93. The summed E-state index contributed by atoms with van der Waals surface area (Å²) in [5, 5.41) is 14.3. The van der Waals surface area contributed by atoms with Crippen LogP contribution in [-0.4, -0.2) is 42.6 Å². The monoisotopic (exact) mass is 321 g/mol. The van der Waals surface area contributed by atoms with E-state index < -0.39 is 0 Å². The van der Waals surface area contributed by atoms with Gasteiger partial charge in [-0.05, 0) is 38.9 Å². The third-order valence-electron chi connectivity index (χ3n) is 4.17. The smallest absolute Gasteiger partial charge is 0.270 e. The van der Waals surface area contributed by atoms with Gasteiger partial charge in [-0.15, -0.1) is 0 Å². The minimum absolute atomic E-state index is 0.109. The van der Waals surface area contributed by atoms with Gasteiger partial charge in [0, 0.05) is 37.3 Å². The molecule has 1 fully saturated rings. The van der Waals surface area contributed by atoms with Gasteiger partial charge in [-0.1, -0.05) is 12.8 Å². The van der Waals surface area contributed by atoms with E-state index in [1.54, 1.807) is 12.1 Å². The van der Waals surface area contributed by atoms with E-state index in [-0.39, 0.29) is 10.6 Å². The molecule has 0 radical (unpaired) electrons. The maximum atomic E-state index is 10.9. The summed E-state index contributed by atoms with van der Waals surface area (Å²) >= 11 is 0. The number of non-ortho nitro benzene ring substituents is 1. The van der Waals surface area contributed by atoms with Gasteiger partial charge in [-0.3, -0.25) is 10.1 Å². The summed E-state index contributed by atoms with van der Waals surface area (Å²) in [6.07, 6.45) is 5.27. The standard InChI is InChI=1S/C17H27N3O3/c1-2-23-17-8-7-16(20(21)22)13-15(17)14-18-9-12-19-10-5-3-4-6-11-19/h7-8,13,18H,2-6,9-12,14H2,1H3. The number of rotatable bonds is 8. The van der Waals surface area contributed by atoms with Crippen LogP contribution in [0.3, 0.4) is 0 Å². The number of nitrogens with zero attached hydrogens (tertiary/aromatic N) is 2. The molecular formula is C17H27N3O3. The van der Waals surface area contributed by atoms with Gasteiger partial charge in [-0.25, -0.2) is 0 Å². The Labute approximate surface area is 138 Å². The van der Waals surface area contributed by atoms with Gasteiger partial charge in [0.05, 0.1) is 11.5 Å². The molecule has 23 heavy (non-hydrogen) atoms. The fraction of sp³-hybridized carbons (Fsp3) is 0.647. The largest absolute Gasteiger partial charge is 0.494 e. The molecule has 1 aromatic carbocycles. The Morgan fingerprint density at radius 2 is 2.00 bits per heavy atom. The number of hydrogen-bond donors (Lipinski definition) is 1. The van der Waals surface area contributed by atoms with Crippen LogP contribution in [0.2, 0.25) is 0 Å². The lowest BCUT2D eigenvalue weighted by Crippen LogP contribution is -2.32. The van der Waals surface area contributed by atoms with Crippen molar-refractivity contribution < 1.29 is 9.66 Å². The van der Waals surface area contributed by atoms with Crippen molar-refractivity contribution in [1.29, 1.82) is 0 Å². The van der Waals surface area contributed by atoms with Crippen molar-refractivity contribution in [2.24, 2.45) is 0 Å². The number of benzene rings is 1. The Hall–Kier alpha value is -1.66. The maximum Gasteiger partial charge on any atom is 0.270 e. The average Bonchev–Trinajstić information content (AvgIpc) is 2.81. The third-order valence-corrected chi connectivity index (χ3v) is 4.17. The van der Waals surface area contributed by atoms with Crippen LogP contribution in [-0.2, 0) is 6.54 Å². The first-order valence-electron chi connectivity index (χ1n) is 8.54. The topological polar surface area (TPSA) is 67.6 Å². The lowest BCUT2D eigenvalue weighted by Gasteiger charge is -2.20. The molecule has 1 aliphatic heterocycles. The van der Waals surface area contributed by atoms with Crippen molar-refractivity contribution in [2.75, 3.05) is 32.8 Å². The van der Waals surface area contributed by atoms with Crippen LogP contribution in [0.25, 0.3) is 0 Å². The molecule has 6 nitrogen and oxygen atoms in total. The highest BCUT2D eigenvalue weighted by Crippen LogP contribution is 2.24. The lowest BCUT2D eigenvalue weighted by atomic mass is 10.1. The second-order valence-electron chi connectivity index (χ2n) is 5.91. The molecule has 0 spiro atoms. The zero-order chi connectivity index (χ0) is 16.5. The average molecular weight is 321 g/mol. The van der Waals surface area contributed by atoms with Crippen LogP contribution in [0.1, 0.15) is 38.2 Å². The minimum atomic E-state index is -0.365. The van der Waals surface area contributed by atoms with Gasteiger partial charge < -0.3 is 15.0 Å². The molecule has 0 aliphatic carbocycles. The summed E-state index contributed by atoms with van der Waals surface area (Å²) < 4.78 is 5.56. The molecule has 6 heteroatoms. The maximum absolute atomic E-state index is 10.9. The van der Waals surface area contributed by atoms with Gasteiger partial charge in [0.25, 0.3) is 5.69 Å². The molecule has 1 aromatic rings. The first-order chi connectivity index (χ1) is 11.2. The summed E-state index contributed by atoms with van der Waals surface area (Å²) in [6.45, 7) is 7.33. The van der Waals surface area contributed by atoms with E-state index in [4.69, 9.17) is 4.74 Å². The van der Waals surface area contributed by atoms with Crippen molar-refractivity contribution in [3.05, 3.63) is 33.9 Å². The summed E-state index contributed by atoms with van der Waals surface area (Å²) in [4.78, 5) is 13.1. The highest BCUT2D eigenvalue weighted by molar-refractivity contribution is 5.43. The number of likely N-dealkylation sites (tertiary alicyclic amines) is 1. The molecule has 0 amide bonds. The Morgan fingerprint density at radius 1 is 1.26 bits per heavy atom. The van der Waals surface area contributed by atoms with Crippen molar-refractivity contribution in [1.82, 2.24) is 10.2 Å². The quantitative estimate of drug-likeness (QED) is 0.453. The molecule has 0 atom stereocenters. The van der Waals surface area contributed by atoms with Crippen molar-refractivity contribution in [3.8, 4) is 5.75 Å². The van der Waals surface area contributed by atoms with Gasteiger partial charge in [0.15, 0.2) is 0 Å². The van der Waals surface area contributed by atoms with Gasteiger partial charge in [0.2, 0.25) is 0 Å². The van der Waals surface area contributed by atoms with E-state index in [0.29, 0.717) is 13.2 Å². The summed E-state index contributed by atoms with van der Waals surface area (Å²) in [5.41, 5.74) is 0.953.